The van der Waals surface area contributed by atoms with E-state index in [4.69, 9.17) is 0 Å². The van der Waals surface area contributed by atoms with Crippen LogP contribution in [0.2, 0.25) is 10.8 Å². The van der Waals surface area contributed by atoms with Gasteiger partial charge in [-0.25, -0.2) is 4.70 Å². The van der Waals surface area contributed by atoms with E-state index in [2.05, 4.69) is 91.8 Å². The quantitative estimate of drug-likeness (QED) is 0.0359. The van der Waals surface area contributed by atoms with Gasteiger partial charge < -0.3 is 5.53 Å². The number of hydrogen-bond acceptors (Lipinski definition) is 0. The summed E-state index contributed by atoms with van der Waals surface area (Å²) in [6.07, 6.45) is 57.5. The van der Waals surface area contributed by atoms with Crippen LogP contribution in [0.3, 0.4) is 0 Å². The van der Waals surface area contributed by atoms with Crippen molar-refractivity contribution < 1.29 is 19.1 Å². The Morgan fingerprint density at radius 2 is 0.577 bits per heavy atom. The minimum absolute atomic E-state index is 1.02. The van der Waals surface area contributed by atoms with Gasteiger partial charge in [-0.1, -0.05) is 142 Å². The first-order chi connectivity index (χ1) is 34.8. The molecule has 0 bridgehead atoms. The molecule has 3 heteroatoms. The molecule has 2 aromatic carbocycles. The van der Waals surface area contributed by atoms with Crippen LogP contribution in [0.15, 0.2) is 47.5 Å². The average molecular weight is 1020 g/mol. The molecule has 2 aromatic rings. The number of nitrogens with zero attached hydrogens (tertiary/aromatic N) is 2. The number of unbranched alkanes of at least 4 members (excludes halogenated alkanes) is 32. The molecule has 0 atom stereocenters. The van der Waals surface area contributed by atoms with Gasteiger partial charge in [0.2, 0.25) is 11.4 Å². The van der Waals surface area contributed by atoms with Crippen LogP contribution in [0.1, 0.15) is 332 Å². The van der Waals surface area contributed by atoms with Crippen molar-refractivity contribution in [3.63, 3.8) is 0 Å². The second-order valence-electron chi connectivity index (χ2n) is 22.2. The van der Waals surface area contributed by atoms with Crippen LogP contribution < -0.4 is 0 Å². The first kappa shape index (κ1) is 65.1. The summed E-state index contributed by atoms with van der Waals surface area (Å²) in [7, 11) is 0. The molecule has 71 heavy (non-hydrogen) atoms. The Morgan fingerprint density at radius 3 is 0.901 bits per heavy atom. The van der Waals surface area contributed by atoms with Crippen LogP contribution in [-0.4, -0.2) is 4.70 Å². The number of aryl methyl sites for hydroxylation is 4. The zero-order valence-electron chi connectivity index (χ0n) is 48.8. The molecule has 1 aliphatic heterocycles. The smallest absolute Gasteiger partial charge is 0.0654 e. The van der Waals surface area contributed by atoms with E-state index in [0.29, 0.717) is 0 Å². The van der Waals surface area contributed by atoms with E-state index in [-0.39, 0.29) is 0 Å². The predicted octanol–water partition coefficient (Wildman–Crippen LogP) is 24.2. The second-order valence-corrected chi connectivity index (χ2v) is 23.7. The Bertz CT molecular complexity index is 1630. The second kappa shape index (κ2) is 45.4. The normalized spacial score (nSPS) is 12.8. The van der Waals surface area contributed by atoms with Crippen molar-refractivity contribution in [2.45, 2.75) is 336 Å². The van der Waals surface area contributed by atoms with Gasteiger partial charge in [0.15, 0.2) is 0 Å². The fraction of sp³-hybridized carbons (Fsp3) is 0.765. The third kappa shape index (κ3) is 30.9. The molecule has 3 rings (SSSR count). The molecule has 0 aromatic heterocycles. The fourth-order valence-corrected chi connectivity index (χ4v) is 11.9. The first-order valence-electron chi connectivity index (χ1n) is 31.5. The number of rotatable bonds is 46. The van der Waals surface area contributed by atoms with E-state index in [1.807, 2.05) is 14.4 Å². The number of benzene rings is 2. The van der Waals surface area contributed by atoms with E-state index in [1.165, 1.54) is 286 Å². The molecule has 0 aliphatic carbocycles. The molecule has 0 amide bonds. The molecular weight excluding hydrogens is 903 g/mol. The summed E-state index contributed by atoms with van der Waals surface area (Å²) in [5.41, 5.74) is 24.5. The maximum atomic E-state index is 12.0. The van der Waals surface area contributed by atoms with E-state index in [1.54, 1.807) is 4.70 Å². The van der Waals surface area contributed by atoms with Crippen LogP contribution in [0.5, 0.6) is 0 Å². The van der Waals surface area contributed by atoms with Gasteiger partial charge in [0.1, 0.15) is 0 Å². The minimum Gasteiger partial charge on any atom is -0.0654 e. The molecule has 2 nitrogen and oxygen atoms in total. The molecule has 1 heterocycles. The van der Waals surface area contributed by atoms with Gasteiger partial charge in [-0.15, -0.1) is 0 Å². The van der Waals surface area contributed by atoms with Gasteiger partial charge in [-0.2, -0.15) is 0 Å². The molecule has 410 valence electrons. The molecule has 0 saturated heterocycles. The van der Waals surface area contributed by atoms with E-state index >= 15 is 0 Å². The number of allylic oxidation sites excluding steroid dienone is 2. The molecule has 0 fully saturated rings. The van der Waals surface area contributed by atoms with Crippen molar-refractivity contribution in [3.8, 4) is 0 Å². The van der Waals surface area contributed by atoms with Gasteiger partial charge in [0.05, 0.1) is 0 Å². The van der Waals surface area contributed by atoms with E-state index in [0.717, 1.165) is 49.9 Å². The van der Waals surface area contributed by atoms with Gasteiger partial charge in [-0.05, 0) is 101 Å². The van der Waals surface area contributed by atoms with E-state index in [9.17, 15) is 5.53 Å². The summed E-state index contributed by atoms with van der Waals surface area (Å²) in [5.74, 6) is 0. The van der Waals surface area contributed by atoms with Crippen LogP contribution in [0.4, 0.5) is 0 Å². The summed E-state index contributed by atoms with van der Waals surface area (Å²) in [6, 6.07) is 13.9. The van der Waals surface area contributed by atoms with Crippen LogP contribution in [0, 0.1) is 13.8 Å². The maximum absolute atomic E-state index is 12.0. The molecule has 0 unspecified atom stereocenters. The summed E-state index contributed by atoms with van der Waals surface area (Å²) in [4.78, 5) is 0. The van der Waals surface area contributed by atoms with Crippen LogP contribution in [-0.2, 0) is 27.3 Å². The Morgan fingerprint density at radius 1 is 0.310 bits per heavy atom. The van der Waals surface area contributed by atoms with Gasteiger partial charge in [0, 0.05) is 22.3 Å². The predicted molar refractivity (Wildman–Crippen MR) is 316 cm³/mol. The van der Waals surface area contributed by atoms with Crippen molar-refractivity contribution >= 4 is 11.4 Å². The van der Waals surface area contributed by atoms with Crippen molar-refractivity contribution in [1.82, 2.24) is 0 Å². The topological polar surface area (TPSA) is 25.3 Å². The van der Waals surface area contributed by atoms with Crippen molar-refractivity contribution in [1.29, 1.82) is 0 Å². The Labute approximate surface area is 450 Å². The minimum atomic E-state index is 1.02. The summed E-state index contributed by atoms with van der Waals surface area (Å²) < 4.78 is 1.58. The van der Waals surface area contributed by atoms with Crippen molar-refractivity contribution in [3.05, 3.63) is 86.5 Å². The standard InChI is InChI=1S/C36H52N2.2C16H33.Ni/c1-7-11-15-16-20-34-33(19-14-10-4)35(31-23-27(5)21-29(25-31)17-12-8-2)38(37)36(34)32-24-28(6)22-30(26-32)18-13-9-3;2*1-3-5-7-9-11-13-15-16-14-12-10-8-6-4-2;/h21-26H,7-20H2,1-6H3;2*1,3-16H2,2H3;. The Balaban J connectivity index is 0.000000493. The molecule has 0 saturated carbocycles. The Kier molecular flexibility index (Phi) is 41.7. The summed E-state index contributed by atoms with van der Waals surface area (Å²) >= 11 is 2.04. The third-order valence-corrected chi connectivity index (χ3v) is 16.4. The molecular formula is C68H118N2Ni. The number of hydrogen-bond donors (Lipinski definition) is 0. The zero-order valence-corrected chi connectivity index (χ0v) is 49.8. The van der Waals surface area contributed by atoms with Crippen LogP contribution >= 0.6 is 0 Å². The fourth-order valence-electron chi connectivity index (χ4n) is 10.7. The SMILES string of the molecule is CCCCCCC1=C(c2cc(C)cc(CCCC)c2)[N+](=[N-])C(c2cc(C)cc(CCCC)c2)=C1CCCC.CCCCCCCCCCCCCCC[CH2][Ni][CH2]CCCCCCCCCCCCCCC. The average Bonchev–Trinajstić information content (AvgIpc) is 3.64. The third-order valence-electron chi connectivity index (χ3n) is 15.0. The zero-order chi connectivity index (χ0) is 51.4. The van der Waals surface area contributed by atoms with Gasteiger partial charge in [0.25, 0.3) is 0 Å². The Hall–Kier alpha value is -1.99. The van der Waals surface area contributed by atoms with Crippen molar-refractivity contribution in [2.24, 2.45) is 0 Å². The van der Waals surface area contributed by atoms with Crippen LogP contribution in [0.25, 0.3) is 16.9 Å². The van der Waals surface area contributed by atoms with Crippen molar-refractivity contribution in [2.75, 3.05) is 0 Å². The summed E-state index contributed by atoms with van der Waals surface area (Å²) in [6.45, 7) is 18.1. The molecule has 1 aliphatic rings. The van der Waals surface area contributed by atoms with E-state index < -0.39 is 0 Å². The van der Waals surface area contributed by atoms with Gasteiger partial charge >= 0.3 is 166 Å². The molecule has 0 N–H and O–H groups in total. The molecule has 0 spiro atoms. The molecule has 0 radical (unpaired) electrons. The monoisotopic (exact) mass is 1020 g/mol. The van der Waals surface area contributed by atoms with Gasteiger partial charge in [-0.3, -0.25) is 0 Å². The first-order valence-corrected chi connectivity index (χ1v) is 32.9. The summed E-state index contributed by atoms with van der Waals surface area (Å²) in [5, 5.41) is 2.87.